The number of nitro groups is 1. The van der Waals surface area contributed by atoms with Gasteiger partial charge >= 0.3 is 0 Å². The molecular weight excluding hydrogens is 533 g/mol. The van der Waals surface area contributed by atoms with E-state index in [0.29, 0.717) is 21.4 Å². The minimum Gasteiger partial charge on any atom is -0.323 e. The van der Waals surface area contributed by atoms with E-state index in [1.807, 2.05) is 36.4 Å². The highest BCUT2D eigenvalue weighted by molar-refractivity contribution is 8.00. The number of hydrogen-bond acceptors (Lipinski definition) is 5. The second-order valence-electron chi connectivity index (χ2n) is 7.81. The molecule has 7 nitrogen and oxygen atoms in total. The van der Waals surface area contributed by atoms with Crippen LogP contribution in [-0.4, -0.2) is 16.7 Å². The van der Waals surface area contributed by atoms with Gasteiger partial charge in [0.25, 0.3) is 11.6 Å². The van der Waals surface area contributed by atoms with Crippen LogP contribution in [0.15, 0.2) is 102 Å². The minimum absolute atomic E-state index is 0.159. The second-order valence-corrected chi connectivity index (χ2v) is 9.83. The van der Waals surface area contributed by atoms with Crippen molar-refractivity contribution in [2.24, 2.45) is 0 Å². The number of rotatable bonds is 8. The first kappa shape index (κ1) is 26.2. The normalized spacial score (nSPS) is 11.4. The number of nitrogens with zero attached hydrogens (tertiary/aromatic N) is 1. The molecule has 0 aliphatic carbocycles. The topological polar surface area (TPSA) is 101 Å². The van der Waals surface area contributed by atoms with Crippen LogP contribution in [0, 0.1) is 10.1 Å². The molecule has 10 heteroatoms. The number of non-ortho nitro benzene ring substituents is 1. The van der Waals surface area contributed by atoms with E-state index in [0.717, 1.165) is 10.5 Å². The number of hydrogen-bond donors (Lipinski definition) is 2. The van der Waals surface area contributed by atoms with Crippen LogP contribution in [0.1, 0.15) is 21.2 Å². The quantitative estimate of drug-likeness (QED) is 0.133. The van der Waals surface area contributed by atoms with Crippen LogP contribution < -0.4 is 10.6 Å². The average molecular weight is 552 g/mol. The van der Waals surface area contributed by atoms with Crippen LogP contribution in [0.25, 0.3) is 0 Å². The van der Waals surface area contributed by atoms with E-state index in [-0.39, 0.29) is 17.2 Å². The lowest BCUT2D eigenvalue weighted by atomic mass is 10.1. The Morgan fingerprint density at radius 1 is 0.838 bits per heavy atom. The number of thioether (sulfide) groups is 1. The van der Waals surface area contributed by atoms with E-state index in [1.165, 1.54) is 36.0 Å². The first-order valence-electron chi connectivity index (χ1n) is 10.9. The predicted molar refractivity (Wildman–Crippen MR) is 148 cm³/mol. The molecule has 0 spiro atoms. The fraction of sp³-hybridized carbons (Fsp3) is 0.0370. The number of nitrogens with one attached hydrogen (secondary N) is 2. The van der Waals surface area contributed by atoms with Crippen molar-refractivity contribution >= 4 is 63.8 Å². The summed E-state index contributed by atoms with van der Waals surface area (Å²) in [6.07, 6.45) is 0. The standard InChI is InChI=1S/C27H19Cl2N3O4S/c28-19-12-13-23(29)24(15-19)31-27(34)25(17-6-2-1-3-7-17)37-22-11-5-9-20(16-22)30-26(33)18-8-4-10-21(14-18)32(35)36/h1-16,25H,(H,30,33)(H,31,34). The molecule has 1 atom stereocenters. The van der Waals surface area contributed by atoms with Gasteiger partial charge in [-0.2, -0.15) is 0 Å². The third-order valence-corrected chi connectivity index (χ3v) is 7.00. The van der Waals surface area contributed by atoms with Crippen molar-refractivity contribution in [1.29, 1.82) is 0 Å². The molecule has 4 aromatic rings. The smallest absolute Gasteiger partial charge is 0.270 e. The molecule has 0 aliphatic heterocycles. The summed E-state index contributed by atoms with van der Waals surface area (Å²) in [5.74, 6) is -0.787. The summed E-state index contributed by atoms with van der Waals surface area (Å²) < 4.78 is 0. The first-order valence-corrected chi connectivity index (χ1v) is 12.6. The van der Waals surface area contributed by atoms with Gasteiger partial charge in [0, 0.05) is 33.3 Å². The van der Waals surface area contributed by atoms with E-state index in [1.54, 1.807) is 36.4 Å². The predicted octanol–water partition coefficient (Wildman–Crippen LogP) is 7.63. The number of amides is 2. The molecule has 0 radical (unpaired) electrons. The van der Waals surface area contributed by atoms with E-state index < -0.39 is 16.1 Å². The molecule has 0 saturated carbocycles. The van der Waals surface area contributed by atoms with Gasteiger partial charge in [0.15, 0.2) is 0 Å². The van der Waals surface area contributed by atoms with Crippen molar-refractivity contribution in [3.8, 4) is 0 Å². The summed E-state index contributed by atoms with van der Waals surface area (Å²) in [4.78, 5) is 37.2. The van der Waals surface area contributed by atoms with Crippen molar-refractivity contribution in [3.05, 3.63) is 128 Å². The van der Waals surface area contributed by atoms with Gasteiger partial charge in [-0.05, 0) is 48.0 Å². The number of carbonyl (C=O) groups excluding carboxylic acids is 2. The highest BCUT2D eigenvalue weighted by Gasteiger charge is 2.23. The number of benzene rings is 4. The van der Waals surface area contributed by atoms with Gasteiger partial charge in [0.05, 0.1) is 15.6 Å². The molecule has 2 N–H and O–H groups in total. The van der Waals surface area contributed by atoms with Crippen molar-refractivity contribution in [1.82, 2.24) is 0 Å². The molecule has 1 unspecified atom stereocenters. The van der Waals surface area contributed by atoms with Crippen LogP contribution in [0.4, 0.5) is 17.1 Å². The molecule has 4 aromatic carbocycles. The van der Waals surface area contributed by atoms with Crippen LogP contribution in [0.3, 0.4) is 0 Å². The fourth-order valence-electron chi connectivity index (χ4n) is 3.44. The van der Waals surface area contributed by atoms with Gasteiger partial charge in [-0.15, -0.1) is 11.8 Å². The zero-order chi connectivity index (χ0) is 26.4. The van der Waals surface area contributed by atoms with Crippen LogP contribution >= 0.6 is 35.0 Å². The number of halogens is 2. The summed E-state index contributed by atoms with van der Waals surface area (Å²) in [5, 5.41) is 16.8. The largest absolute Gasteiger partial charge is 0.323 e. The Balaban J connectivity index is 1.55. The Kier molecular flexibility index (Phi) is 8.45. The van der Waals surface area contributed by atoms with Crippen molar-refractivity contribution in [2.75, 3.05) is 10.6 Å². The fourth-order valence-corrected chi connectivity index (χ4v) is 4.86. The van der Waals surface area contributed by atoms with Crippen LogP contribution in [0.2, 0.25) is 10.0 Å². The molecule has 0 saturated heterocycles. The van der Waals surface area contributed by atoms with Gasteiger partial charge in [-0.1, -0.05) is 65.7 Å². The Morgan fingerprint density at radius 2 is 1.59 bits per heavy atom. The zero-order valence-corrected chi connectivity index (χ0v) is 21.4. The van der Waals surface area contributed by atoms with Crippen LogP contribution in [-0.2, 0) is 4.79 Å². The van der Waals surface area contributed by atoms with E-state index in [4.69, 9.17) is 23.2 Å². The maximum absolute atomic E-state index is 13.4. The zero-order valence-electron chi connectivity index (χ0n) is 19.1. The summed E-state index contributed by atoms with van der Waals surface area (Å²) >= 11 is 13.6. The molecule has 4 rings (SSSR count). The Bertz CT molecular complexity index is 1470. The lowest BCUT2D eigenvalue weighted by Gasteiger charge is -2.18. The summed E-state index contributed by atoms with van der Waals surface area (Å²) in [6, 6.07) is 26.6. The molecule has 0 bridgehead atoms. The SMILES string of the molecule is O=C(Nc1cccc(SC(C(=O)Nc2cc(Cl)ccc2Cl)c2ccccc2)c1)c1cccc([N+](=O)[O-])c1. The summed E-state index contributed by atoms with van der Waals surface area (Å²) in [5.41, 5.74) is 1.64. The molecule has 2 amide bonds. The summed E-state index contributed by atoms with van der Waals surface area (Å²) in [6.45, 7) is 0. The molecule has 0 fully saturated rings. The third kappa shape index (κ3) is 6.89. The highest BCUT2D eigenvalue weighted by Crippen LogP contribution is 2.38. The summed E-state index contributed by atoms with van der Waals surface area (Å²) in [7, 11) is 0. The second kappa shape index (κ2) is 11.9. The van der Waals surface area contributed by atoms with Crippen molar-refractivity contribution in [3.63, 3.8) is 0 Å². The van der Waals surface area contributed by atoms with E-state index in [2.05, 4.69) is 10.6 Å². The number of anilines is 2. The first-order chi connectivity index (χ1) is 17.8. The van der Waals surface area contributed by atoms with Gasteiger partial charge in [-0.3, -0.25) is 19.7 Å². The van der Waals surface area contributed by atoms with Crippen molar-refractivity contribution < 1.29 is 14.5 Å². The molecule has 186 valence electrons. The van der Waals surface area contributed by atoms with Gasteiger partial charge in [0.1, 0.15) is 5.25 Å². The average Bonchev–Trinajstić information content (AvgIpc) is 2.90. The maximum Gasteiger partial charge on any atom is 0.270 e. The van der Waals surface area contributed by atoms with E-state index >= 15 is 0 Å². The van der Waals surface area contributed by atoms with E-state index in [9.17, 15) is 19.7 Å². The van der Waals surface area contributed by atoms with Gasteiger partial charge in [0.2, 0.25) is 5.91 Å². The molecule has 37 heavy (non-hydrogen) atoms. The lowest BCUT2D eigenvalue weighted by molar-refractivity contribution is -0.384. The maximum atomic E-state index is 13.4. The number of carbonyl (C=O) groups is 2. The van der Waals surface area contributed by atoms with Crippen LogP contribution in [0.5, 0.6) is 0 Å². The number of nitro benzene ring substituents is 1. The molecule has 0 heterocycles. The lowest BCUT2D eigenvalue weighted by Crippen LogP contribution is -2.19. The van der Waals surface area contributed by atoms with Gasteiger partial charge < -0.3 is 10.6 Å². The molecular formula is C27H19Cl2N3O4S. The third-order valence-electron chi connectivity index (χ3n) is 5.19. The Hall–Kier alpha value is -3.85. The molecule has 0 aliphatic rings. The monoisotopic (exact) mass is 551 g/mol. The molecule has 0 aromatic heterocycles. The highest BCUT2D eigenvalue weighted by atomic mass is 35.5. The Morgan fingerprint density at radius 3 is 2.35 bits per heavy atom. The van der Waals surface area contributed by atoms with Gasteiger partial charge in [-0.25, -0.2) is 0 Å². The minimum atomic E-state index is -0.640. The van der Waals surface area contributed by atoms with Crippen molar-refractivity contribution in [2.45, 2.75) is 10.1 Å². The Labute approximate surface area is 227 Å².